The molecular weight excluding hydrogens is 210 g/mol. The number of hydrogen-bond acceptors (Lipinski definition) is 4. The highest BCUT2D eigenvalue weighted by Crippen LogP contribution is 2.18. The van der Waals surface area contributed by atoms with Gasteiger partial charge in [-0.1, -0.05) is 0 Å². The summed E-state index contributed by atoms with van der Waals surface area (Å²) in [6, 6.07) is 4.45. The third-order valence-corrected chi connectivity index (χ3v) is 2.06. The van der Waals surface area contributed by atoms with Crippen molar-refractivity contribution in [1.82, 2.24) is 9.71 Å². The zero-order valence-electron chi connectivity index (χ0n) is 8.47. The second kappa shape index (κ2) is 3.65. The maximum atomic E-state index is 11.4. The molecule has 0 aliphatic rings. The predicted octanol–water partition coefficient (Wildman–Crippen LogP) is 0.592. The van der Waals surface area contributed by atoms with Crippen molar-refractivity contribution in [3.05, 3.63) is 34.7 Å². The molecule has 0 radical (unpaired) electrons. The standard InChI is InChI=1S/C10H9N3O3/c1-6(14)12-8-5-9(15)13(16)10-7(8)3-2-4-11-10/h2-5,16H,1H3,(H,12,14). The smallest absolute Gasteiger partial charge is 0.286 e. The fourth-order valence-electron chi connectivity index (χ4n) is 1.44. The highest BCUT2D eigenvalue weighted by Gasteiger charge is 2.09. The summed E-state index contributed by atoms with van der Waals surface area (Å²) in [5.41, 5.74) is -0.195. The average Bonchev–Trinajstić information content (AvgIpc) is 2.25. The molecule has 1 amide bonds. The van der Waals surface area contributed by atoms with Crippen molar-refractivity contribution in [2.24, 2.45) is 0 Å². The first-order valence-electron chi connectivity index (χ1n) is 4.57. The Morgan fingerprint density at radius 2 is 2.31 bits per heavy atom. The van der Waals surface area contributed by atoms with E-state index < -0.39 is 5.56 Å². The van der Waals surface area contributed by atoms with E-state index in [0.29, 0.717) is 15.8 Å². The van der Waals surface area contributed by atoms with Crippen LogP contribution in [0, 0.1) is 0 Å². The summed E-state index contributed by atoms with van der Waals surface area (Å²) in [6.45, 7) is 1.34. The summed E-state index contributed by atoms with van der Waals surface area (Å²) >= 11 is 0. The molecule has 6 heteroatoms. The Labute approximate surface area is 90.1 Å². The Balaban J connectivity index is 2.79. The lowest BCUT2D eigenvalue weighted by Crippen LogP contribution is -2.20. The molecule has 0 fully saturated rings. The van der Waals surface area contributed by atoms with Crippen LogP contribution in [0.1, 0.15) is 6.92 Å². The Hall–Kier alpha value is -2.37. The number of carbonyl (C=O) groups excluding carboxylic acids is 1. The van der Waals surface area contributed by atoms with E-state index in [1.807, 2.05) is 0 Å². The van der Waals surface area contributed by atoms with Gasteiger partial charge in [0.05, 0.1) is 5.69 Å². The highest BCUT2D eigenvalue weighted by atomic mass is 16.5. The van der Waals surface area contributed by atoms with Crippen LogP contribution in [-0.2, 0) is 4.79 Å². The van der Waals surface area contributed by atoms with Crippen LogP contribution < -0.4 is 10.9 Å². The van der Waals surface area contributed by atoms with Gasteiger partial charge in [0, 0.05) is 24.6 Å². The Morgan fingerprint density at radius 3 is 3.00 bits per heavy atom. The fourth-order valence-corrected chi connectivity index (χ4v) is 1.44. The van der Waals surface area contributed by atoms with Gasteiger partial charge in [-0.25, -0.2) is 4.98 Å². The Morgan fingerprint density at radius 1 is 1.56 bits per heavy atom. The molecule has 0 aliphatic carbocycles. The van der Waals surface area contributed by atoms with Gasteiger partial charge in [0.15, 0.2) is 5.65 Å². The zero-order chi connectivity index (χ0) is 11.7. The zero-order valence-corrected chi connectivity index (χ0v) is 8.47. The van der Waals surface area contributed by atoms with Crippen LogP contribution >= 0.6 is 0 Å². The molecular formula is C10H9N3O3. The number of anilines is 1. The number of aromatic nitrogens is 2. The van der Waals surface area contributed by atoms with E-state index >= 15 is 0 Å². The van der Waals surface area contributed by atoms with Crippen molar-refractivity contribution >= 4 is 22.6 Å². The first-order valence-corrected chi connectivity index (χ1v) is 4.57. The molecule has 2 rings (SSSR count). The lowest BCUT2D eigenvalue weighted by atomic mass is 10.2. The molecule has 0 saturated carbocycles. The molecule has 2 heterocycles. The van der Waals surface area contributed by atoms with Crippen LogP contribution in [0.25, 0.3) is 11.0 Å². The van der Waals surface area contributed by atoms with Crippen molar-refractivity contribution < 1.29 is 10.0 Å². The molecule has 0 atom stereocenters. The number of fused-ring (bicyclic) bond motifs is 1. The summed E-state index contributed by atoms with van der Waals surface area (Å²) in [7, 11) is 0. The van der Waals surface area contributed by atoms with Gasteiger partial charge in [-0.15, -0.1) is 4.73 Å². The van der Waals surface area contributed by atoms with Gasteiger partial charge in [-0.05, 0) is 12.1 Å². The number of hydrogen-bond donors (Lipinski definition) is 2. The first kappa shape index (κ1) is 10.2. The summed E-state index contributed by atoms with van der Waals surface area (Å²) in [4.78, 5) is 26.2. The van der Waals surface area contributed by atoms with Crippen molar-refractivity contribution in [3.63, 3.8) is 0 Å². The van der Waals surface area contributed by atoms with E-state index in [2.05, 4.69) is 10.3 Å². The number of nitrogens with zero attached hydrogens (tertiary/aromatic N) is 2. The monoisotopic (exact) mass is 219 g/mol. The average molecular weight is 219 g/mol. The van der Waals surface area contributed by atoms with E-state index in [9.17, 15) is 14.8 Å². The molecule has 0 saturated heterocycles. The van der Waals surface area contributed by atoms with E-state index in [1.54, 1.807) is 12.1 Å². The molecule has 0 spiro atoms. The van der Waals surface area contributed by atoms with Crippen LogP contribution in [0.15, 0.2) is 29.2 Å². The van der Waals surface area contributed by atoms with E-state index in [1.165, 1.54) is 13.1 Å². The third-order valence-electron chi connectivity index (χ3n) is 2.06. The maximum Gasteiger partial charge on any atom is 0.286 e. The van der Waals surface area contributed by atoms with Crippen molar-refractivity contribution in [3.8, 4) is 0 Å². The second-order valence-corrected chi connectivity index (χ2v) is 3.26. The molecule has 6 nitrogen and oxygen atoms in total. The fraction of sp³-hybridized carbons (Fsp3) is 0.100. The minimum atomic E-state index is -0.644. The number of pyridine rings is 2. The quantitative estimate of drug-likeness (QED) is 0.687. The predicted molar refractivity (Wildman–Crippen MR) is 57.5 cm³/mol. The van der Waals surface area contributed by atoms with E-state index in [-0.39, 0.29) is 11.6 Å². The molecule has 0 aliphatic heterocycles. The number of carbonyl (C=O) groups is 1. The molecule has 0 unspecified atom stereocenters. The molecule has 2 aromatic rings. The number of amides is 1. The molecule has 82 valence electrons. The molecule has 2 N–H and O–H groups in total. The lowest BCUT2D eigenvalue weighted by Gasteiger charge is -2.07. The topological polar surface area (TPSA) is 84.2 Å². The van der Waals surface area contributed by atoms with Crippen LogP contribution in [0.2, 0.25) is 0 Å². The maximum absolute atomic E-state index is 11.4. The summed E-state index contributed by atoms with van der Waals surface area (Å²) in [5.74, 6) is -0.291. The molecule has 0 aromatic carbocycles. The van der Waals surface area contributed by atoms with Crippen molar-refractivity contribution in [2.45, 2.75) is 6.92 Å². The van der Waals surface area contributed by atoms with Crippen molar-refractivity contribution in [2.75, 3.05) is 5.32 Å². The van der Waals surface area contributed by atoms with E-state index in [4.69, 9.17) is 0 Å². The van der Waals surface area contributed by atoms with Gasteiger partial charge in [0.1, 0.15) is 0 Å². The minimum absolute atomic E-state index is 0.110. The van der Waals surface area contributed by atoms with Gasteiger partial charge in [0.25, 0.3) is 5.56 Å². The summed E-state index contributed by atoms with van der Waals surface area (Å²) in [6.07, 6.45) is 1.45. The normalized spacial score (nSPS) is 10.3. The van der Waals surface area contributed by atoms with Crippen LogP contribution in [0.4, 0.5) is 5.69 Å². The Kier molecular flexibility index (Phi) is 2.32. The number of rotatable bonds is 1. The number of nitrogens with one attached hydrogen (secondary N) is 1. The first-order chi connectivity index (χ1) is 7.59. The summed E-state index contributed by atoms with van der Waals surface area (Å²) in [5, 5.41) is 12.5. The van der Waals surface area contributed by atoms with Gasteiger partial charge in [0.2, 0.25) is 5.91 Å². The largest absolute Gasteiger partial charge is 0.423 e. The highest BCUT2D eigenvalue weighted by molar-refractivity contribution is 5.98. The van der Waals surface area contributed by atoms with Crippen LogP contribution in [0.3, 0.4) is 0 Å². The lowest BCUT2D eigenvalue weighted by molar-refractivity contribution is -0.114. The van der Waals surface area contributed by atoms with Crippen molar-refractivity contribution in [1.29, 1.82) is 0 Å². The summed E-state index contributed by atoms with van der Waals surface area (Å²) < 4.78 is 0.445. The van der Waals surface area contributed by atoms with Gasteiger partial charge < -0.3 is 10.5 Å². The van der Waals surface area contributed by atoms with E-state index in [0.717, 1.165) is 6.07 Å². The molecule has 2 aromatic heterocycles. The SMILES string of the molecule is CC(=O)Nc1cc(=O)n(O)c2ncccc12. The minimum Gasteiger partial charge on any atom is -0.423 e. The van der Waals surface area contributed by atoms with Crippen LogP contribution in [0.5, 0.6) is 0 Å². The molecule has 16 heavy (non-hydrogen) atoms. The Bertz CT molecular complexity index is 618. The van der Waals surface area contributed by atoms with Crippen LogP contribution in [-0.4, -0.2) is 20.8 Å². The van der Waals surface area contributed by atoms with Gasteiger partial charge in [-0.3, -0.25) is 9.59 Å². The van der Waals surface area contributed by atoms with Gasteiger partial charge >= 0.3 is 0 Å². The molecule has 0 bridgehead atoms. The third kappa shape index (κ3) is 1.60. The second-order valence-electron chi connectivity index (χ2n) is 3.26. The van der Waals surface area contributed by atoms with Gasteiger partial charge in [-0.2, -0.15) is 0 Å².